The zero-order valence-electron chi connectivity index (χ0n) is 4.53. The van der Waals surface area contributed by atoms with E-state index in [-0.39, 0.29) is 0 Å². The molecule has 1 atom stereocenters. The molecule has 2 nitrogen and oxygen atoms in total. The molecule has 0 aliphatic carbocycles. The average molecular weight is 176 g/mol. The van der Waals surface area contributed by atoms with Gasteiger partial charge in [-0.25, -0.2) is 0 Å². The lowest BCUT2D eigenvalue weighted by molar-refractivity contribution is 0.580. The van der Waals surface area contributed by atoms with Crippen LogP contribution in [-0.4, -0.2) is 19.1 Å². The molecule has 0 aliphatic heterocycles. The summed E-state index contributed by atoms with van der Waals surface area (Å²) in [7, 11) is 0. The van der Waals surface area contributed by atoms with E-state index in [2.05, 4.69) is 5.09 Å². The smallest absolute Gasteiger partial charge is 0.229 e. The van der Waals surface area contributed by atoms with Crippen LogP contribution in [0.5, 0.6) is 0 Å². The third-order valence-electron chi connectivity index (χ3n) is 0.489. The monoisotopic (exact) mass is 175 g/mol. The molecular weight excluding hydrogens is 168 g/mol. The number of halogens is 2. The molecule has 0 bridgehead atoms. The normalized spacial score (nSPS) is 17.9. The summed E-state index contributed by atoms with van der Waals surface area (Å²) >= 11 is 10.6. The molecule has 0 radical (unpaired) electrons. The molecule has 0 aliphatic rings. The molecule has 0 saturated heterocycles. The SMILES string of the molecule is CP(=O)(Cl)NCCCl. The topological polar surface area (TPSA) is 29.1 Å². The summed E-state index contributed by atoms with van der Waals surface area (Å²) in [5.74, 6) is 0.435. The van der Waals surface area contributed by atoms with Crippen LogP contribution in [0.4, 0.5) is 0 Å². The largest absolute Gasteiger partial charge is 0.290 e. The fourth-order valence-electron chi connectivity index (χ4n) is 0.242. The summed E-state index contributed by atoms with van der Waals surface area (Å²) in [5, 5.41) is 2.56. The molecule has 0 aromatic rings. The highest BCUT2D eigenvalue weighted by atomic mass is 35.7. The Labute approximate surface area is 58.8 Å². The lowest BCUT2D eigenvalue weighted by atomic mass is 10.8. The highest BCUT2D eigenvalue weighted by molar-refractivity contribution is 7.87. The van der Waals surface area contributed by atoms with E-state index >= 15 is 0 Å². The number of hydrogen-bond acceptors (Lipinski definition) is 1. The van der Waals surface area contributed by atoms with Crippen LogP contribution in [0.3, 0.4) is 0 Å². The second-order valence-corrected chi connectivity index (χ2v) is 5.69. The summed E-state index contributed by atoms with van der Waals surface area (Å²) in [6.07, 6.45) is 0. The van der Waals surface area contributed by atoms with Crippen LogP contribution >= 0.6 is 29.5 Å². The number of hydrogen-bond donors (Lipinski definition) is 1. The molecule has 0 heterocycles. The second-order valence-electron chi connectivity index (χ2n) is 1.42. The van der Waals surface area contributed by atoms with Crippen LogP contribution in [-0.2, 0) is 4.57 Å². The molecule has 50 valence electrons. The quantitative estimate of drug-likeness (QED) is 0.525. The van der Waals surface area contributed by atoms with Gasteiger partial charge in [0.25, 0.3) is 0 Å². The van der Waals surface area contributed by atoms with Gasteiger partial charge in [0.15, 0.2) is 0 Å². The van der Waals surface area contributed by atoms with Crippen LogP contribution in [0.1, 0.15) is 0 Å². The van der Waals surface area contributed by atoms with Crippen molar-refractivity contribution < 1.29 is 4.57 Å². The molecular formula is C3H8Cl2NOP. The minimum Gasteiger partial charge on any atom is -0.290 e. The fraction of sp³-hybridized carbons (Fsp3) is 1.00. The van der Waals surface area contributed by atoms with Crippen LogP contribution < -0.4 is 5.09 Å². The predicted molar refractivity (Wildman–Crippen MR) is 38.1 cm³/mol. The van der Waals surface area contributed by atoms with Gasteiger partial charge >= 0.3 is 0 Å². The number of rotatable bonds is 3. The predicted octanol–water partition coefficient (Wildman–Crippen LogP) is 1.88. The summed E-state index contributed by atoms with van der Waals surface area (Å²) in [6.45, 7) is -0.600. The van der Waals surface area contributed by atoms with E-state index in [0.29, 0.717) is 12.4 Å². The first-order valence-electron chi connectivity index (χ1n) is 2.14. The Kier molecular flexibility index (Phi) is 4.09. The molecule has 5 heteroatoms. The van der Waals surface area contributed by atoms with Crippen molar-refractivity contribution in [2.45, 2.75) is 0 Å². The number of alkyl halides is 1. The van der Waals surface area contributed by atoms with Crippen LogP contribution in [0.25, 0.3) is 0 Å². The molecule has 0 saturated carbocycles. The highest BCUT2D eigenvalue weighted by Crippen LogP contribution is 2.41. The van der Waals surface area contributed by atoms with Gasteiger partial charge in [-0.3, -0.25) is 9.65 Å². The fourth-order valence-corrected chi connectivity index (χ4v) is 1.23. The van der Waals surface area contributed by atoms with E-state index in [1.54, 1.807) is 0 Å². The van der Waals surface area contributed by atoms with E-state index in [1.165, 1.54) is 6.66 Å². The van der Waals surface area contributed by atoms with Gasteiger partial charge in [-0.15, -0.1) is 11.6 Å². The molecule has 0 rings (SSSR count). The Bertz CT molecular complexity index is 101. The van der Waals surface area contributed by atoms with E-state index in [9.17, 15) is 4.57 Å². The molecule has 0 fully saturated rings. The van der Waals surface area contributed by atoms with Gasteiger partial charge in [0.1, 0.15) is 0 Å². The summed E-state index contributed by atoms with van der Waals surface area (Å²) in [6, 6.07) is 0. The molecule has 0 spiro atoms. The Morgan fingerprint density at radius 1 is 1.75 bits per heavy atom. The lowest BCUT2D eigenvalue weighted by Gasteiger charge is -2.02. The molecule has 0 aromatic carbocycles. The summed E-state index contributed by atoms with van der Waals surface area (Å²) in [5.41, 5.74) is 0. The minimum atomic E-state index is -2.54. The second kappa shape index (κ2) is 3.73. The van der Waals surface area contributed by atoms with E-state index in [1.807, 2.05) is 0 Å². The highest BCUT2D eigenvalue weighted by Gasteiger charge is 2.05. The van der Waals surface area contributed by atoms with Gasteiger partial charge in [-0.2, -0.15) is 0 Å². The van der Waals surface area contributed by atoms with Crippen molar-refractivity contribution in [3.63, 3.8) is 0 Å². The van der Waals surface area contributed by atoms with E-state index in [4.69, 9.17) is 22.8 Å². The lowest BCUT2D eigenvalue weighted by Crippen LogP contribution is -2.08. The average Bonchev–Trinajstić information content (AvgIpc) is 1.59. The van der Waals surface area contributed by atoms with Gasteiger partial charge in [-0.1, -0.05) is 0 Å². The van der Waals surface area contributed by atoms with Crippen molar-refractivity contribution in [1.29, 1.82) is 0 Å². The van der Waals surface area contributed by atoms with Gasteiger partial charge in [0.2, 0.25) is 6.65 Å². The molecule has 8 heavy (non-hydrogen) atoms. The molecule has 1 unspecified atom stereocenters. The Balaban J connectivity index is 3.26. The minimum absolute atomic E-state index is 0.435. The Morgan fingerprint density at radius 3 is 2.38 bits per heavy atom. The summed E-state index contributed by atoms with van der Waals surface area (Å²) in [4.78, 5) is 0. The first-order valence-corrected chi connectivity index (χ1v) is 5.74. The molecule has 0 amide bonds. The van der Waals surface area contributed by atoms with Crippen LogP contribution in [0, 0.1) is 0 Å². The van der Waals surface area contributed by atoms with Crippen molar-refractivity contribution in [2.75, 3.05) is 19.1 Å². The standard InChI is InChI=1S/C3H8Cl2NOP/c1-8(5,7)6-3-2-4/h2-3H2,1H3,(H,6,7). The van der Waals surface area contributed by atoms with Gasteiger partial charge in [-0.05, 0) is 11.2 Å². The Morgan fingerprint density at radius 2 is 2.25 bits per heavy atom. The summed E-state index contributed by atoms with van der Waals surface area (Å²) < 4.78 is 10.6. The van der Waals surface area contributed by atoms with Crippen LogP contribution in [0.15, 0.2) is 0 Å². The van der Waals surface area contributed by atoms with Gasteiger partial charge in [0, 0.05) is 19.1 Å². The number of nitrogens with one attached hydrogen (secondary N) is 1. The van der Waals surface area contributed by atoms with Gasteiger partial charge in [0.05, 0.1) is 0 Å². The van der Waals surface area contributed by atoms with Crippen molar-refractivity contribution >= 4 is 29.5 Å². The van der Waals surface area contributed by atoms with Gasteiger partial charge < -0.3 is 0 Å². The van der Waals surface area contributed by atoms with Crippen molar-refractivity contribution in [3.05, 3.63) is 0 Å². The third-order valence-corrected chi connectivity index (χ3v) is 1.82. The van der Waals surface area contributed by atoms with Crippen molar-refractivity contribution in [3.8, 4) is 0 Å². The third kappa shape index (κ3) is 6.77. The Hall–Kier alpha value is 0.770. The maximum Gasteiger partial charge on any atom is 0.229 e. The maximum atomic E-state index is 10.6. The first-order chi connectivity index (χ1) is 3.56. The maximum absolute atomic E-state index is 10.6. The van der Waals surface area contributed by atoms with Crippen molar-refractivity contribution in [1.82, 2.24) is 5.09 Å². The zero-order valence-corrected chi connectivity index (χ0v) is 6.93. The first kappa shape index (κ1) is 8.77. The van der Waals surface area contributed by atoms with Crippen molar-refractivity contribution in [2.24, 2.45) is 0 Å². The zero-order chi connectivity index (χ0) is 6.62. The van der Waals surface area contributed by atoms with E-state index in [0.717, 1.165) is 0 Å². The van der Waals surface area contributed by atoms with E-state index < -0.39 is 6.65 Å². The van der Waals surface area contributed by atoms with Crippen LogP contribution in [0.2, 0.25) is 0 Å². The molecule has 1 N–H and O–H groups in total. The molecule has 0 aromatic heterocycles.